The summed E-state index contributed by atoms with van der Waals surface area (Å²) in [5.41, 5.74) is 2.75. The van der Waals surface area contributed by atoms with Gasteiger partial charge < -0.3 is 5.10 Å². The van der Waals surface area contributed by atoms with Crippen molar-refractivity contribution in [2.45, 2.75) is 43.6 Å². The maximum Gasteiger partial charge on any atom is 0.264 e. The van der Waals surface area contributed by atoms with Crippen LogP contribution in [0.1, 0.15) is 29.5 Å². The molecule has 3 heterocycles. The van der Waals surface area contributed by atoms with Gasteiger partial charge in [0.25, 0.3) is 11.1 Å². The van der Waals surface area contributed by atoms with Crippen molar-refractivity contribution in [1.29, 1.82) is 0 Å². The summed E-state index contributed by atoms with van der Waals surface area (Å²) in [6.45, 7) is 6.31. The molecule has 0 aliphatic heterocycles. The molecule has 3 aromatic heterocycles. The van der Waals surface area contributed by atoms with Crippen LogP contribution < -0.4 is 11.1 Å². The summed E-state index contributed by atoms with van der Waals surface area (Å²) in [7, 11) is 0. The number of hydrogen-bond donors (Lipinski definition) is 2. The van der Waals surface area contributed by atoms with Crippen molar-refractivity contribution in [2.75, 3.05) is 0 Å². The first kappa shape index (κ1) is 16.4. The maximum atomic E-state index is 13.1. The van der Waals surface area contributed by atoms with Gasteiger partial charge >= 0.3 is 0 Å². The van der Waals surface area contributed by atoms with Crippen molar-refractivity contribution in [3.63, 3.8) is 0 Å². The number of H-pyrrole nitrogens is 2. The number of rotatable bonds is 5. The van der Waals surface area contributed by atoms with E-state index in [0.29, 0.717) is 17.5 Å². The molecule has 0 radical (unpaired) electrons. The normalized spacial score (nSPS) is 13.5. The van der Waals surface area contributed by atoms with Crippen molar-refractivity contribution in [3.8, 4) is 0 Å². The van der Waals surface area contributed by atoms with Crippen LogP contribution in [0.25, 0.3) is 10.2 Å². The molecule has 4 rings (SSSR count). The van der Waals surface area contributed by atoms with Crippen LogP contribution in [0.15, 0.2) is 33.0 Å². The van der Waals surface area contributed by atoms with E-state index in [1.807, 2.05) is 6.92 Å². The molecular weight excluding hydrogens is 356 g/mol. The summed E-state index contributed by atoms with van der Waals surface area (Å²) in [5.74, 6) is 0.540. The van der Waals surface area contributed by atoms with Crippen LogP contribution in [0.4, 0.5) is 0 Å². The second-order valence-corrected chi connectivity index (χ2v) is 8.38. The predicted molar refractivity (Wildman–Crippen MR) is 102 cm³/mol. The second kappa shape index (κ2) is 6.34. The Kier molecular flexibility index (Phi) is 4.16. The highest BCUT2D eigenvalue weighted by Gasteiger charge is 2.23. The molecule has 0 bridgehead atoms. The zero-order valence-corrected chi connectivity index (χ0v) is 15.5. The molecule has 25 heavy (non-hydrogen) atoms. The molecule has 1 aliphatic rings. The molecule has 0 spiro atoms. The summed E-state index contributed by atoms with van der Waals surface area (Å²) >= 11 is 3.10. The number of aryl methyl sites for hydroxylation is 2. The van der Waals surface area contributed by atoms with E-state index >= 15 is 0 Å². The average Bonchev–Trinajstić information content (AvgIpc) is 3.23. The SMILES string of the molecule is C=C(C)Cn1c(SCc2cc(=O)[nH][nH]2)nc2sc3c(c2c1=O)CCC3. The Balaban J connectivity index is 1.79. The molecule has 0 atom stereocenters. The van der Waals surface area contributed by atoms with Crippen LogP contribution in [0.2, 0.25) is 0 Å². The van der Waals surface area contributed by atoms with Gasteiger partial charge in [0, 0.05) is 28.9 Å². The summed E-state index contributed by atoms with van der Waals surface area (Å²) in [6.07, 6.45) is 3.13. The highest BCUT2D eigenvalue weighted by molar-refractivity contribution is 7.98. The van der Waals surface area contributed by atoms with Gasteiger partial charge in [0.05, 0.1) is 5.39 Å². The van der Waals surface area contributed by atoms with Crippen LogP contribution in [0.5, 0.6) is 0 Å². The minimum Gasteiger partial charge on any atom is -0.301 e. The minimum absolute atomic E-state index is 0.0254. The first-order chi connectivity index (χ1) is 12.0. The molecule has 0 unspecified atom stereocenters. The van der Waals surface area contributed by atoms with E-state index in [-0.39, 0.29) is 11.1 Å². The largest absolute Gasteiger partial charge is 0.301 e. The van der Waals surface area contributed by atoms with Crippen molar-refractivity contribution >= 4 is 33.3 Å². The van der Waals surface area contributed by atoms with E-state index in [0.717, 1.165) is 40.7 Å². The van der Waals surface area contributed by atoms with Gasteiger partial charge in [0.15, 0.2) is 5.16 Å². The summed E-state index contributed by atoms with van der Waals surface area (Å²) in [6, 6.07) is 1.52. The van der Waals surface area contributed by atoms with Crippen molar-refractivity contribution in [3.05, 3.63) is 55.1 Å². The van der Waals surface area contributed by atoms with Crippen molar-refractivity contribution in [2.24, 2.45) is 0 Å². The molecule has 6 nitrogen and oxygen atoms in total. The van der Waals surface area contributed by atoms with E-state index in [4.69, 9.17) is 4.98 Å². The molecule has 130 valence electrons. The van der Waals surface area contributed by atoms with Crippen LogP contribution >= 0.6 is 23.1 Å². The Bertz CT molecular complexity index is 1090. The van der Waals surface area contributed by atoms with Gasteiger partial charge in [-0.25, -0.2) is 4.98 Å². The molecule has 2 N–H and O–H groups in total. The number of fused-ring (bicyclic) bond motifs is 3. The fourth-order valence-corrected chi connectivity index (χ4v) is 5.38. The van der Waals surface area contributed by atoms with Crippen LogP contribution in [0.3, 0.4) is 0 Å². The van der Waals surface area contributed by atoms with Crippen molar-refractivity contribution in [1.82, 2.24) is 19.7 Å². The third kappa shape index (κ3) is 3.00. The van der Waals surface area contributed by atoms with E-state index in [9.17, 15) is 9.59 Å². The number of hydrogen-bond acceptors (Lipinski definition) is 5. The number of thioether (sulfide) groups is 1. The van der Waals surface area contributed by atoms with Crippen LogP contribution in [-0.2, 0) is 25.1 Å². The number of aromatic amines is 2. The quantitative estimate of drug-likeness (QED) is 0.409. The van der Waals surface area contributed by atoms with Gasteiger partial charge in [-0.15, -0.1) is 11.3 Å². The average molecular weight is 374 g/mol. The van der Waals surface area contributed by atoms with E-state index < -0.39 is 0 Å². The Morgan fingerprint density at radius 2 is 2.24 bits per heavy atom. The highest BCUT2D eigenvalue weighted by Crippen LogP contribution is 2.35. The number of nitrogens with one attached hydrogen (secondary N) is 2. The molecule has 0 saturated heterocycles. The molecule has 1 aliphatic carbocycles. The number of nitrogens with zero attached hydrogens (tertiary/aromatic N) is 2. The standard InChI is InChI=1S/C17H18N4O2S2/c1-9(2)7-21-16(23)14-11-4-3-5-12(11)25-15(14)18-17(21)24-8-10-6-13(22)20-19-10/h6H,1,3-5,7-8H2,2H3,(H2,19,20,22). The molecule has 0 aromatic carbocycles. The lowest BCUT2D eigenvalue weighted by atomic mass is 10.2. The predicted octanol–water partition coefficient (Wildman–Crippen LogP) is 2.83. The topological polar surface area (TPSA) is 83.5 Å². The lowest BCUT2D eigenvalue weighted by Crippen LogP contribution is -2.24. The van der Waals surface area contributed by atoms with Gasteiger partial charge in [-0.05, 0) is 31.7 Å². The van der Waals surface area contributed by atoms with Gasteiger partial charge in [-0.1, -0.05) is 23.9 Å². The molecule has 0 fully saturated rings. The smallest absolute Gasteiger partial charge is 0.264 e. The second-order valence-electron chi connectivity index (χ2n) is 6.35. The summed E-state index contributed by atoms with van der Waals surface area (Å²) in [4.78, 5) is 31.3. The van der Waals surface area contributed by atoms with Crippen molar-refractivity contribution < 1.29 is 0 Å². The van der Waals surface area contributed by atoms with Crippen LogP contribution in [-0.4, -0.2) is 19.7 Å². The van der Waals surface area contributed by atoms with E-state index in [1.54, 1.807) is 15.9 Å². The third-order valence-electron chi connectivity index (χ3n) is 4.23. The van der Waals surface area contributed by atoms with E-state index in [1.165, 1.54) is 28.3 Å². The van der Waals surface area contributed by atoms with Gasteiger partial charge in [-0.2, -0.15) is 0 Å². The summed E-state index contributed by atoms with van der Waals surface area (Å²) < 4.78 is 1.71. The molecule has 8 heteroatoms. The Morgan fingerprint density at radius 3 is 2.96 bits per heavy atom. The lowest BCUT2D eigenvalue weighted by molar-refractivity contribution is 0.652. The van der Waals surface area contributed by atoms with Gasteiger partial charge in [0.2, 0.25) is 0 Å². The number of allylic oxidation sites excluding steroid dienone is 1. The number of thiophene rings is 1. The fourth-order valence-electron chi connectivity index (χ4n) is 3.17. The van der Waals surface area contributed by atoms with E-state index in [2.05, 4.69) is 16.8 Å². The zero-order valence-electron chi connectivity index (χ0n) is 13.8. The summed E-state index contributed by atoms with van der Waals surface area (Å²) in [5, 5.41) is 6.81. The monoisotopic (exact) mass is 374 g/mol. The van der Waals surface area contributed by atoms with Gasteiger partial charge in [0.1, 0.15) is 4.83 Å². The molecule has 0 amide bonds. The van der Waals surface area contributed by atoms with Gasteiger partial charge in [-0.3, -0.25) is 19.3 Å². The minimum atomic E-state index is -0.159. The number of aromatic nitrogens is 4. The third-order valence-corrected chi connectivity index (χ3v) is 6.44. The first-order valence-corrected chi connectivity index (χ1v) is 9.92. The maximum absolute atomic E-state index is 13.1. The Morgan fingerprint density at radius 1 is 1.40 bits per heavy atom. The molecular formula is C17H18N4O2S2. The zero-order chi connectivity index (χ0) is 17.6. The van der Waals surface area contributed by atoms with Crippen LogP contribution in [0, 0.1) is 0 Å². The Hall–Kier alpha value is -2.06. The Labute approximate surface area is 152 Å². The first-order valence-electron chi connectivity index (χ1n) is 8.12. The lowest BCUT2D eigenvalue weighted by Gasteiger charge is -2.12. The molecule has 3 aromatic rings. The highest BCUT2D eigenvalue weighted by atomic mass is 32.2. The fraction of sp³-hybridized carbons (Fsp3) is 0.353. The molecule has 0 saturated carbocycles.